The second-order valence-corrected chi connectivity index (χ2v) is 8.96. The third-order valence-corrected chi connectivity index (χ3v) is 5.39. The SMILES string of the molecule is CC1=CC=CC[C@H](C)NC(=O)C=CC=CC=C[C@H](C)[C@@H](O)[C@H](O)[C@@H](O)C[C@@H](O)/C=C/C=CC(C)=C1. The van der Waals surface area contributed by atoms with Gasteiger partial charge in [0, 0.05) is 24.5 Å². The third kappa shape index (κ3) is 13.6. The van der Waals surface area contributed by atoms with Gasteiger partial charge in [-0.25, -0.2) is 0 Å². The van der Waals surface area contributed by atoms with Crippen molar-refractivity contribution in [3.63, 3.8) is 0 Å². The lowest BCUT2D eigenvalue weighted by Crippen LogP contribution is -2.41. The summed E-state index contributed by atoms with van der Waals surface area (Å²) in [6.45, 7) is 7.62. The maximum atomic E-state index is 12.0. The number of carbonyl (C=O) groups is 1. The van der Waals surface area contributed by atoms with Crippen LogP contribution in [0, 0.1) is 5.92 Å². The Hall–Kier alpha value is -2.77. The number of hydrogen-bond acceptors (Lipinski definition) is 5. The molecule has 0 saturated carbocycles. The number of allylic oxidation sites excluding steroid dienone is 12. The summed E-state index contributed by atoms with van der Waals surface area (Å²) in [5, 5.41) is 43.9. The minimum absolute atomic E-state index is 0.00833. The van der Waals surface area contributed by atoms with Crippen LogP contribution in [-0.2, 0) is 4.79 Å². The second kappa shape index (κ2) is 16.8. The van der Waals surface area contributed by atoms with Crippen LogP contribution >= 0.6 is 0 Å². The average Bonchev–Trinajstić information content (AvgIpc) is 2.79. The first-order chi connectivity index (χ1) is 16.6. The van der Waals surface area contributed by atoms with Gasteiger partial charge in [0.2, 0.25) is 5.91 Å². The molecule has 1 amide bonds. The highest BCUT2D eigenvalue weighted by Gasteiger charge is 2.28. The number of nitrogens with one attached hydrogen (secondary N) is 1. The first kappa shape index (κ1) is 30.3. The van der Waals surface area contributed by atoms with E-state index in [0.29, 0.717) is 6.42 Å². The molecule has 5 N–H and O–H groups in total. The van der Waals surface area contributed by atoms with Crippen molar-refractivity contribution in [1.29, 1.82) is 0 Å². The van der Waals surface area contributed by atoms with E-state index in [4.69, 9.17) is 0 Å². The molecule has 1 rings (SSSR count). The zero-order valence-electron chi connectivity index (χ0n) is 21.2. The topological polar surface area (TPSA) is 110 Å². The Morgan fingerprint density at radius 2 is 1.46 bits per heavy atom. The molecule has 0 aliphatic carbocycles. The molecule has 1 aliphatic rings. The Bertz CT molecular complexity index is 891. The summed E-state index contributed by atoms with van der Waals surface area (Å²) in [5.74, 6) is -0.623. The summed E-state index contributed by atoms with van der Waals surface area (Å²) in [6, 6.07) is -0.00833. The third-order valence-electron chi connectivity index (χ3n) is 5.39. The summed E-state index contributed by atoms with van der Waals surface area (Å²) in [6.07, 6.45) is 20.5. The Morgan fingerprint density at radius 3 is 2.20 bits per heavy atom. The smallest absolute Gasteiger partial charge is 0.244 e. The van der Waals surface area contributed by atoms with Gasteiger partial charge in [-0.2, -0.15) is 0 Å². The Morgan fingerprint density at radius 1 is 0.800 bits per heavy atom. The molecule has 6 atom stereocenters. The van der Waals surface area contributed by atoms with Crippen molar-refractivity contribution >= 4 is 5.91 Å². The number of aliphatic hydroxyl groups is 4. The van der Waals surface area contributed by atoms with Crippen molar-refractivity contribution in [3.8, 4) is 0 Å². The normalized spacial score (nSPS) is 31.5. The molecule has 0 spiro atoms. The van der Waals surface area contributed by atoms with Crippen LogP contribution < -0.4 is 5.32 Å². The van der Waals surface area contributed by atoms with Gasteiger partial charge in [0.1, 0.15) is 6.10 Å². The van der Waals surface area contributed by atoms with Crippen LogP contribution in [0.5, 0.6) is 0 Å². The predicted molar refractivity (Wildman–Crippen MR) is 142 cm³/mol. The minimum Gasteiger partial charge on any atom is -0.390 e. The van der Waals surface area contributed by atoms with Gasteiger partial charge in [-0.05, 0) is 27.2 Å². The molecule has 192 valence electrons. The molecule has 0 saturated heterocycles. The fraction of sp³-hybridized carbons (Fsp3) is 0.414. The monoisotopic (exact) mass is 483 g/mol. The summed E-state index contributed by atoms with van der Waals surface area (Å²) in [5.41, 5.74) is 2.09. The van der Waals surface area contributed by atoms with E-state index in [9.17, 15) is 25.2 Å². The zero-order chi connectivity index (χ0) is 26.2. The summed E-state index contributed by atoms with van der Waals surface area (Å²) in [4.78, 5) is 12.0. The fourth-order valence-corrected chi connectivity index (χ4v) is 3.34. The minimum atomic E-state index is -1.41. The Balaban J connectivity index is 3.00. The van der Waals surface area contributed by atoms with Crippen molar-refractivity contribution < 1.29 is 25.2 Å². The molecule has 0 aromatic carbocycles. The molecule has 0 radical (unpaired) electrons. The number of amides is 1. The van der Waals surface area contributed by atoms with Crippen LogP contribution in [0.1, 0.15) is 40.5 Å². The molecule has 35 heavy (non-hydrogen) atoms. The van der Waals surface area contributed by atoms with Gasteiger partial charge in [0.15, 0.2) is 0 Å². The molecule has 0 unspecified atom stereocenters. The van der Waals surface area contributed by atoms with Gasteiger partial charge in [-0.3, -0.25) is 4.79 Å². The number of aliphatic hydroxyl groups excluding tert-OH is 4. The predicted octanol–water partition coefficient (Wildman–Crippen LogP) is 3.59. The first-order valence-electron chi connectivity index (χ1n) is 12.0. The van der Waals surface area contributed by atoms with Crippen molar-refractivity contribution in [2.24, 2.45) is 5.92 Å². The maximum Gasteiger partial charge on any atom is 0.244 e. The van der Waals surface area contributed by atoms with E-state index in [1.54, 1.807) is 49.5 Å². The van der Waals surface area contributed by atoms with Crippen molar-refractivity contribution in [3.05, 3.63) is 96.2 Å². The maximum absolute atomic E-state index is 12.0. The van der Waals surface area contributed by atoms with E-state index in [1.807, 2.05) is 51.2 Å². The second-order valence-electron chi connectivity index (χ2n) is 8.96. The molecule has 0 bridgehead atoms. The van der Waals surface area contributed by atoms with Crippen LogP contribution in [0.15, 0.2) is 96.2 Å². The van der Waals surface area contributed by atoms with Crippen LogP contribution in [-0.4, -0.2) is 56.8 Å². The number of hydrogen-bond donors (Lipinski definition) is 5. The van der Waals surface area contributed by atoms with Gasteiger partial charge in [-0.1, -0.05) is 97.1 Å². The highest BCUT2D eigenvalue weighted by atomic mass is 16.4. The van der Waals surface area contributed by atoms with Crippen molar-refractivity contribution in [2.45, 2.75) is 71.0 Å². The van der Waals surface area contributed by atoms with E-state index < -0.39 is 30.3 Å². The largest absolute Gasteiger partial charge is 0.390 e. The van der Waals surface area contributed by atoms with E-state index in [2.05, 4.69) is 5.32 Å². The molecule has 6 heteroatoms. The lowest BCUT2D eigenvalue weighted by atomic mass is 9.93. The van der Waals surface area contributed by atoms with Crippen LogP contribution in [0.2, 0.25) is 0 Å². The van der Waals surface area contributed by atoms with Crippen molar-refractivity contribution in [1.82, 2.24) is 5.32 Å². The molecule has 0 aromatic rings. The fourth-order valence-electron chi connectivity index (χ4n) is 3.34. The quantitative estimate of drug-likeness (QED) is 0.362. The van der Waals surface area contributed by atoms with Gasteiger partial charge in [0.05, 0.1) is 18.3 Å². The van der Waals surface area contributed by atoms with E-state index in [1.165, 1.54) is 12.2 Å². The van der Waals surface area contributed by atoms with Gasteiger partial charge in [0.25, 0.3) is 0 Å². The first-order valence-corrected chi connectivity index (χ1v) is 12.0. The van der Waals surface area contributed by atoms with E-state index in [0.717, 1.165) is 11.1 Å². The molecule has 1 aliphatic heterocycles. The zero-order valence-corrected chi connectivity index (χ0v) is 21.2. The average molecular weight is 484 g/mol. The van der Waals surface area contributed by atoms with Gasteiger partial charge in [-0.15, -0.1) is 0 Å². The van der Waals surface area contributed by atoms with Crippen LogP contribution in [0.4, 0.5) is 0 Å². The highest BCUT2D eigenvalue weighted by Crippen LogP contribution is 2.15. The number of carbonyl (C=O) groups excluding carboxylic acids is 1. The Kier molecular flexibility index (Phi) is 14.5. The number of rotatable bonds is 0. The lowest BCUT2D eigenvalue weighted by molar-refractivity contribution is -0.117. The Labute approximate surface area is 209 Å². The lowest BCUT2D eigenvalue weighted by Gasteiger charge is -2.26. The summed E-state index contributed by atoms with van der Waals surface area (Å²) >= 11 is 0. The van der Waals surface area contributed by atoms with Crippen molar-refractivity contribution in [2.75, 3.05) is 0 Å². The van der Waals surface area contributed by atoms with E-state index in [-0.39, 0.29) is 18.4 Å². The molecular formula is C29H41NO5. The van der Waals surface area contributed by atoms with Crippen LogP contribution in [0.25, 0.3) is 0 Å². The molecule has 1 heterocycles. The molecule has 0 aromatic heterocycles. The summed E-state index contributed by atoms with van der Waals surface area (Å²) in [7, 11) is 0. The molecular weight excluding hydrogens is 442 g/mol. The molecule has 6 nitrogen and oxygen atoms in total. The van der Waals surface area contributed by atoms with Gasteiger partial charge >= 0.3 is 0 Å². The van der Waals surface area contributed by atoms with Crippen LogP contribution in [0.3, 0.4) is 0 Å². The van der Waals surface area contributed by atoms with E-state index >= 15 is 0 Å². The summed E-state index contributed by atoms with van der Waals surface area (Å²) < 4.78 is 0. The highest BCUT2D eigenvalue weighted by molar-refractivity contribution is 5.87. The molecule has 0 fully saturated rings. The van der Waals surface area contributed by atoms with Gasteiger partial charge < -0.3 is 25.7 Å². The standard InChI is InChI=1S/C29H41NO5/c1-21-13-9-11-16-24(4)30-27(33)18-8-6-5-7-15-23(3)28(34)29(35)26(32)20-25(31)17-12-10-14-22(2)19-21/h5-15,17-19,23-26,28-29,31-32,34-35H,16,20H2,1-4H3,(H,30,33)/b6-5?,11-9?,14-10?,15-7?,17-12+,18-8?,21-13?,22-19?/t23-,24-,25-,26-,28+,29+/m0/s1.